The molecule has 2 N–H and O–H groups in total. The van der Waals surface area contributed by atoms with Gasteiger partial charge >= 0.3 is 7.12 Å². The highest BCUT2D eigenvalue weighted by atomic mass is 19.1. The molecule has 20 heavy (non-hydrogen) atoms. The minimum atomic E-state index is -1.64. The zero-order chi connectivity index (χ0) is 14.7. The first-order valence-electron chi connectivity index (χ1n) is 7.00. The Morgan fingerprint density at radius 2 is 2.20 bits per heavy atom. The molecule has 0 saturated carbocycles. The van der Waals surface area contributed by atoms with Crippen molar-refractivity contribution >= 4 is 12.6 Å². The molecule has 1 heterocycles. The first kappa shape index (κ1) is 15.4. The van der Waals surface area contributed by atoms with E-state index < -0.39 is 12.9 Å². The molecule has 1 aliphatic rings. The lowest BCUT2D eigenvalue weighted by atomic mass is 9.76. The van der Waals surface area contributed by atoms with Crippen LogP contribution in [0.4, 0.5) is 4.39 Å². The van der Waals surface area contributed by atoms with Crippen molar-refractivity contribution in [3.63, 3.8) is 0 Å². The van der Waals surface area contributed by atoms with E-state index in [9.17, 15) is 14.4 Å². The maximum absolute atomic E-state index is 13.2. The fraction of sp³-hybridized carbons (Fsp3) is 0.571. The van der Waals surface area contributed by atoms with Gasteiger partial charge in [-0.1, -0.05) is 6.07 Å². The Morgan fingerprint density at radius 1 is 1.45 bits per heavy atom. The van der Waals surface area contributed by atoms with Crippen molar-refractivity contribution < 1.29 is 14.4 Å². The second-order valence-corrected chi connectivity index (χ2v) is 5.69. The number of halogens is 1. The fourth-order valence-electron chi connectivity index (χ4n) is 2.85. The maximum atomic E-state index is 13.2. The van der Waals surface area contributed by atoms with Crippen LogP contribution in [-0.4, -0.2) is 60.2 Å². The van der Waals surface area contributed by atoms with Crippen molar-refractivity contribution in [2.45, 2.75) is 25.4 Å². The molecule has 1 aliphatic heterocycles. The molecule has 4 nitrogen and oxygen atoms in total. The summed E-state index contributed by atoms with van der Waals surface area (Å²) in [7, 11) is 2.50. The topological polar surface area (TPSA) is 46.9 Å². The monoisotopic (exact) mass is 280 g/mol. The van der Waals surface area contributed by atoms with Crippen LogP contribution in [0, 0.1) is 5.82 Å². The molecule has 2 rings (SSSR count). The van der Waals surface area contributed by atoms with E-state index in [1.165, 1.54) is 18.6 Å². The average Bonchev–Trinajstić information content (AvgIpc) is 2.40. The molecule has 1 saturated heterocycles. The van der Waals surface area contributed by atoms with Gasteiger partial charge in [-0.05, 0) is 56.6 Å². The summed E-state index contributed by atoms with van der Waals surface area (Å²) in [5.74, 6) is -0.447. The van der Waals surface area contributed by atoms with Crippen molar-refractivity contribution in [3.8, 4) is 0 Å². The Kier molecular flexibility index (Phi) is 5.15. The number of rotatable bonds is 4. The third kappa shape index (κ3) is 3.79. The highest BCUT2D eigenvalue weighted by Gasteiger charge is 2.23. The number of likely N-dealkylation sites (N-methyl/N-ethyl adjacent to an activating group) is 2. The normalized spacial score (nSPS) is 20.4. The number of nitrogens with zero attached hydrogens (tertiary/aromatic N) is 2. The van der Waals surface area contributed by atoms with Gasteiger partial charge in [-0.3, -0.25) is 4.90 Å². The first-order valence-corrected chi connectivity index (χ1v) is 7.00. The van der Waals surface area contributed by atoms with Crippen LogP contribution < -0.4 is 5.46 Å². The summed E-state index contributed by atoms with van der Waals surface area (Å²) < 4.78 is 13.2. The third-order valence-electron chi connectivity index (χ3n) is 4.03. The zero-order valence-corrected chi connectivity index (χ0v) is 12.1. The van der Waals surface area contributed by atoms with Crippen molar-refractivity contribution in [1.82, 2.24) is 9.80 Å². The van der Waals surface area contributed by atoms with Crippen LogP contribution in [0.2, 0.25) is 0 Å². The summed E-state index contributed by atoms with van der Waals surface area (Å²) in [4.78, 5) is 4.51. The van der Waals surface area contributed by atoms with Gasteiger partial charge in [0.1, 0.15) is 5.82 Å². The SMILES string of the molecule is CN1CCCC(N(C)Cc2ccc(F)cc2B(O)O)C1. The largest absolute Gasteiger partial charge is 0.488 e. The average molecular weight is 280 g/mol. The number of likely N-dealkylation sites (tertiary alicyclic amines) is 1. The molecular weight excluding hydrogens is 258 g/mol. The van der Waals surface area contributed by atoms with Crippen molar-refractivity contribution in [3.05, 3.63) is 29.6 Å². The minimum absolute atomic E-state index is 0.251. The van der Waals surface area contributed by atoms with Gasteiger partial charge in [-0.15, -0.1) is 0 Å². The van der Waals surface area contributed by atoms with Gasteiger partial charge in [0.25, 0.3) is 0 Å². The zero-order valence-electron chi connectivity index (χ0n) is 12.1. The maximum Gasteiger partial charge on any atom is 0.488 e. The smallest absolute Gasteiger partial charge is 0.423 e. The molecule has 1 unspecified atom stereocenters. The second-order valence-electron chi connectivity index (χ2n) is 5.69. The van der Waals surface area contributed by atoms with Crippen LogP contribution in [-0.2, 0) is 6.54 Å². The minimum Gasteiger partial charge on any atom is -0.423 e. The van der Waals surface area contributed by atoms with Crippen LogP contribution in [0.5, 0.6) is 0 Å². The Labute approximate surface area is 120 Å². The standard InChI is InChI=1S/C14H22BFN2O2/c1-17-7-3-4-13(10-17)18(2)9-11-5-6-12(16)8-14(11)15(19)20/h5-6,8,13,19-20H,3-4,7,9-10H2,1-2H3. The van der Waals surface area contributed by atoms with Gasteiger partial charge in [0.05, 0.1) is 0 Å². The van der Waals surface area contributed by atoms with Gasteiger partial charge in [0.2, 0.25) is 0 Å². The number of piperidine rings is 1. The highest BCUT2D eigenvalue weighted by Crippen LogP contribution is 2.15. The lowest BCUT2D eigenvalue weighted by Gasteiger charge is -2.36. The molecule has 0 aromatic heterocycles. The third-order valence-corrected chi connectivity index (χ3v) is 4.03. The Balaban J connectivity index is 2.09. The van der Waals surface area contributed by atoms with Crippen LogP contribution in [0.3, 0.4) is 0 Å². The number of hydrogen-bond donors (Lipinski definition) is 2. The van der Waals surface area contributed by atoms with E-state index >= 15 is 0 Å². The van der Waals surface area contributed by atoms with Crippen LogP contribution >= 0.6 is 0 Å². The first-order chi connectivity index (χ1) is 9.47. The molecule has 0 aliphatic carbocycles. The lowest BCUT2D eigenvalue weighted by Crippen LogP contribution is -2.45. The lowest BCUT2D eigenvalue weighted by molar-refractivity contribution is 0.129. The van der Waals surface area contributed by atoms with Crippen LogP contribution in [0.15, 0.2) is 18.2 Å². The van der Waals surface area contributed by atoms with E-state index in [-0.39, 0.29) is 5.46 Å². The quantitative estimate of drug-likeness (QED) is 0.764. The summed E-state index contributed by atoms with van der Waals surface area (Å²) in [5.41, 5.74) is 1.01. The van der Waals surface area contributed by atoms with Crippen molar-refractivity contribution in [2.75, 3.05) is 27.2 Å². The molecule has 1 aromatic rings. The number of hydrogen-bond acceptors (Lipinski definition) is 4. The molecule has 0 amide bonds. The van der Waals surface area contributed by atoms with Gasteiger partial charge in [-0.25, -0.2) is 4.39 Å². The molecule has 1 atom stereocenters. The van der Waals surface area contributed by atoms with Gasteiger partial charge in [0, 0.05) is 19.1 Å². The molecule has 6 heteroatoms. The summed E-state index contributed by atoms with van der Waals surface area (Å²) >= 11 is 0. The molecule has 0 bridgehead atoms. The predicted octanol–water partition coefficient (Wildman–Crippen LogP) is 0.0315. The van der Waals surface area contributed by atoms with E-state index in [0.717, 1.165) is 25.1 Å². The van der Waals surface area contributed by atoms with Gasteiger partial charge in [-0.2, -0.15) is 0 Å². The van der Waals surface area contributed by atoms with Crippen LogP contribution in [0.1, 0.15) is 18.4 Å². The summed E-state index contributed by atoms with van der Waals surface area (Å²) in [6.45, 7) is 2.72. The molecule has 110 valence electrons. The van der Waals surface area contributed by atoms with Crippen molar-refractivity contribution in [2.24, 2.45) is 0 Å². The van der Waals surface area contributed by atoms with E-state index in [2.05, 4.69) is 16.8 Å². The summed E-state index contributed by atoms with van der Waals surface area (Å²) in [6, 6.07) is 4.64. The van der Waals surface area contributed by atoms with E-state index in [1.807, 2.05) is 7.05 Å². The number of benzene rings is 1. The van der Waals surface area contributed by atoms with E-state index in [1.54, 1.807) is 6.07 Å². The fourth-order valence-corrected chi connectivity index (χ4v) is 2.85. The van der Waals surface area contributed by atoms with Crippen LogP contribution in [0.25, 0.3) is 0 Å². The second kappa shape index (κ2) is 6.67. The predicted molar refractivity (Wildman–Crippen MR) is 78.2 cm³/mol. The van der Waals surface area contributed by atoms with E-state index in [4.69, 9.17) is 0 Å². The molecule has 0 radical (unpaired) electrons. The molecular formula is C14H22BFN2O2. The molecule has 1 fully saturated rings. The molecule has 0 spiro atoms. The van der Waals surface area contributed by atoms with Crippen molar-refractivity contribution in [1.29, 1.82) is 0 Å². The Morgan fingerprint density at radius 3 is 2.85 bits per heavy atom. The summed E-state index contributed by atoms with van der Waals surface area (Å²) in [5, 5.41) is 18.7. The van der Waals surface area contributed by atoms with E-state index in [0.29, 0.717) is 12.6 Å². The van der Waals surface area contributed by atoms with Gasteiger partial charge in [0.15, 0.2) is 0 Å². The van der Waals surface area contributed by atoms with Gasteiger partial charge < -0.3 is 14.9 Å². The molecule has 1 aromatic carbocycles. The highest BCUT2D eigenvalue weighted by molar-refractivity contribution is 6.59. The Bertz CT molecular complexity index is 459. The summed E-state index contributed by atoms with van der Waals surface area (Å²) in [6.07, 6.45) is 2.31. The Hall–Kier alpha value is -0.945.